The number of fused-ring (bicyclic) bond motifs is 1. The first kappa shape index (κ1) is 27.1. The van der Waals surface area contributed by atoms with Crippen molar-refractivity contribution >= 4 is 28.7 Å². The summed E-state index contributed by atoms with van der Waals surface area (Å²) in [7, 11) is 1.68. The van der Waals surface area contributed by atoms with Crippen LogP contribution in [0.2, 0.25) is 0 Å². The molecule has 0 bridgehead atoms. The van der Waals surface area contributed by atoms with Gasteiger partial charge in [-0.15, -0.1) is 0 Å². The Labute approximate surface area is 218 Å². The number of aryl methyl sites for hydroxylation is 1. The van der Waals surface area contributed by atoms with Gasteiger partial charge in [-0.1, -0.05) is 12.1 Å². The molecule has 1 atom stereocenters. The molecule has 1 aliphatic carbocycles. The minimum Gasteiger partial charge on any atom is -0.444 e. The molecule has 202 valence electrons. The van der Waals surface area contributed by atoms with Gasteiger partial charge in [-0.3, -0.25) is 9.59 Å². The van der Waals surface area contributed by atoms with Crippen molar-refractivity contribution in [1.29, 1.82) is 0 Å². The Morgan fingerprint density at radius 3 is 2.59 bits per heavy atom. The number of aromatic nitrogens is 1. The lowest BCUT2D eigenvalue weighted by Gasteiger charge is -2.36. The predicted molar refractivity (Wildman–Crippen MR) is 140 cm³/mol. The van der Waals surface area contributed by atoms with E-state index < -0.39 is 17.8 Å². The molecule has 0 unspecified atom stereocenters. The van der Waals surface area contributed by atoms with E-state index >= 15 is 0 Å². The molecule has 1 aliphatic heterocycles. The number of rotatable bonds is 9. The minimum absolute atomic E-state index is 0.0296. The van der Waals surface area contributed by atoms with Crippen LogP contribution in [0.5, 0.6) is 0 Å². The van der Waals surface area contributed by atoms with Crippen molar-refractivity contribution in [3.63, 3.8) is 0 Å². The monoisotopic (exact) mass is 513 g/mol. The number of ketones is 1. The van der Waals surface area contributed by atoms with Gasteiger partial charge in [0.15, 0.2) is 11.9 Å². The summed E-state index contributed by atoms with van der Waals surface area (Å²) in [5.41, 5.74) is 2.07. The summed E-state index contributed by atoms with van der Waals surface area (Å²) in [5.74, 6) is -0.0715. The maximum Gasteiger partial charge on any atom is 0.410 e. The molecule has 0 N–H and O–H groups in total. The number of carbonyl (C=O) groups is 3. The molecule has 9 nitrogen and oxygen atoms in total. The van der Waals surface area contributed by atoms with Gasteiger partial charge in [0.1, 0.15) is 5.60 Å². The first-order valence-corrected chi connectivity index (χ1v) is 13.1. The normalized spacial score (nSPS) is 18.2. The van der Waals surface area contributed by atoms with Crippen molar-refractivity contribution in [3.8, 4) is 0 Å². The van der Waals surface area contributed by atoms with Gasteiger partial charge in [0.2, 0.25) is 0 Å². The molecule has 1 saturated carbocycles. The van der Waals surface area contributed by atoms with Crippen molar-refractivity contribution in [2.24, 2.45) is 0 Å². The Balaban J connectivity index is 1.52. The standard InChI is InChI=1S/C28H39N3O6/c1-19(32)23-17-29(11-6-13-35-5)24-15-20(7-10-22(23)24)16-31(21-8-9-21)26(33)25-18-30(12-14-36-25)27(34)37-28(2,3)4/h7,10,15,17,21,25H,6,8-9,11-14,16,18H2,1-5H3/t25-/m1/s1. The summed E-state index contributed by atoms with van der Waals surface area (Å²) in [6.07, 6.45) is 3.52. The lowest BCUT2D eigenvalue weighted by molar-refractivity contribution is -0.150. The van der Waals surface area contributed by atoms with Gasteiger partial charge >= 0.3 is 6.09 Å². The van der Waals surface area contributed by atoms with Gasteiger partial charge in [-0.05, 0) is 58.6 Å². The van der Waals surface area contributed by atoms with E-state index in [0.29, 0.717) is 31.9 Å². The quantitative estimate of drug-likeness (QED) is 0.372. The van der Waals surface area contributed by atoms with E-state index in [1.165, 1.54) is 0 Å². The van der Waals surface area contributed by atoms with Crippen molar-refractivity contribution < 1.29 is 28.6 Å². The topological polar surface area (TPSA) is 90.3 Å². The predicted octanol–water partition coefficient (Wildman–Crippen LogP) is 4.01. The molecule has 9 heteroatoms. The average Bonchev–Trinajstić information content (AvgIpc) is 3.62. The van der Waals surface area contributed by atoms with Crippen LogP contribution in [-0.4, -0.2) is 83.3 Å². The maximum atomic E-state index is 13.6. The van der Waals surface area contributed by atoms with Crippen molar-refractivity contribution in [2.75, 3.05) is 33.4 Å². The first-order valence-electron chi connectivity index (χ1n) is 13.1. The fraction of sp³-hybridized carbons (Fsp3) is 0.607. The van der Waals surface area contributed by atoms with Crippen LogP contribution in [0.1, 0.15) is 62.9 Å². The van der Waals surface area contributed by atoms with Crippen molar-refractivity contribution in [2.45, 2.75) is 77.8 Å². The van der Waals surface area contributed by atoms with Gasteiger partial charge in [-0.2, -0.15) is 0 Å². The number of methoxy groups -OCH3 is 1. The zero-order chi connectivity index (χ0) is 26.7. The lowest BCUT2D eigenvalue weighted by Crippen LogP contribution is -2.53. The second-order valence-electron chi connectivity index (χ2n) is 11.0. The molecule has 2 aliphatic rings. The largest absolute Gasteiger partial charge is 0.444 e. The van der Waals surface area contributed by atoms with Crippen LogP contribution in [-0.2, 0) is 32.1 Å². The summed E-state index contributed by atoms with van der Waals surface area (Å²) in [4.78, 5) is 41.9. The molecule has 2 aromatic rings. The molecule has 2 amide bonds. The second kappa shape index (κ2) is 11.2. The summed E-state index contributed by atoms with van der Waals surface area (Å²) in [5, 5.41) is 0.918. The molecular weight excluding hydrogens is 474 g/mol. The minimum atomic E-state index is -0.715. The van der Waals surface area contributed by atoms with Crippen LogP contribution in [0.3, 0.4) is 0 Å². The Hall–Kier alpha value is -2.91. The summed E-state index contributed by atoms with van der Waals surface area (Å²) >= 11 is 0. The Morgan fingerprint density at radius 2 is 1.95 bits per heavy atom. The van der Waals surface area contributed by atoms with Gasteiger partial charge in [0, 0.05) is 62.1 Å². The zero-order valence-electron chi connectivity index (χ0n) is 22.6. The van der Waals surface area contributed by atoms with Crippen LogP contribution in [0.25, 0.3) is 10.9 Å². The molecule has 1 aromatic carbocycles. The van der Waals surface area contributed by atoms with E-state index in [4.69, 9.17) is 14.2 Å². The van der Waals surface area contributed by atoms with Gasteiger partial charge < -0.3 is 28.6 Å². The number of hydrogen-bond acceptors (Lipinski definition) is 6. The Kier molecular flexibility index (Phi) is 8.23. The van der Waals surface area contributed by atoms with Gasteiger partial charge in [-0.25, -0.2) is 4.79 Å². The molecule has 2 fully saturated rings. The number of hydrogen-bond donors (Lipinski definition) is 0. The highest BCUT2D eigenvalue weighted by Crippen LogP contribution is 2.31. The smallest absolute Gasteiger partial charge is 0.410 e. The molecule has 0 radical (unpaired) electrons. The fourth-order valence-electron chi connectivity index (χ4n) is 4.73. The molecule has 2 heterocycles. The first-order chi connectivity index (χ1) is 17.6. The molecule has 1 aromatic heterocycles. The van der Waals surface area contributed by atoms with Crippen LogP contribution in [0.4, 0.5) is 4.79 Å². The third-order valence-corrected chi connectivity index (χ3v) is 6.69. The number of nitrogens with zero attached hydrogens (tertiary/aromatic N) is 3. The van der Waals surface area contributed by atoms with Crippen molar-refractivity contribution in [1.82, 2.24) is 14.4 Å². The maximum absolute atomic E-state index is 13.6. The van der Waals surface area contributed by atoms with E-state index in [-0.39, 0.29) is 24.3 Å². The van der Waals surface area contributed by atoms with Gasteiger partial charge in [0.05, 0.1) is 13.2 Å². The zero-order valence-corrected chi connectivity index (χ0v) is 22.6. The average molecular weight is 514 g/mol. The summed E-state index contributed by atoms with van der Waals surface area (Å²) < 4.78 is 18.6. The number of ether oxygens (including phenoxy) is 3. The van der Waals surface area contributed by atoms with Crippen LogP contribution in [0, 0.1) is 0 Å². The molecular formula is C28H39N3O6. The van der Waals surface area contributed by atoms with Crippen LogP contribution >= 0.6 is 0 Å². The highest BCUT2D eigenvalue weighted by molar-refractivity contribution is 6.07. The number of carbonyl (C=O) groups excluding carboxylic acids is 3. The number of amides is 2. The van der Waals surface area contributed by atoms with E-state index in [0.717, 1.165) is 42.3 Å². The van der Waals surface area contributed by atoms with E-state index in [2.05, 4.69) is 10.6 Å². The Bertz CT molecular complexity index is 1150. The fourth-order valence-corrected chi connectivity index (χ4v) is 4.73. The van der Waals surface area contributed by atoms with E-state index in [9.17, 15) is 14.4 Å². The lowest BCUT2D eigenvalue weighted by atomic mass is 10.1. The third kappa shape index (κ3) is 6.70. The SMILES string of the molecule is COCCCn1cc(C(C)=O)c2ccc(CN(C(=O)[C@H]3CN(C(=O)OC(C)(C)C)CCO3)C3CC3)cc21. The molecule has 1 saturated heterocycles. The molecule has 0 spiro atoms. The van der Waals surface area contributed by atoms with E-state index in [1.54, 1.807) is 18.9 Å². The molecule has 37 heavy (non-hydrogen) atoms. The van der Waals surface area contributed by atoms with Gasteiger partial charge in [0.25, 0.3) is 5.91 Å². The number of benzene rings is 1. The highest BCUT2D eigenvalue weighted by atomic mass is 16.6. The Morgan fingerprint density at radius 1 is 1.19 bits per heavy atom. The summed E-state index contributed by atoms with van der Waals surface area (Å²) in [6, 6.07) is 6.22. The number of morpholine rings is 1. The molecule has 4 rings (SSSR count). The number of Topliss-reactive ketones (excluding diaryl/α,β-unsaturated/α-hetero) is 1. The van der Waals surface area contributed by atoms with Crippen LogP contribution < -0.4 is 0 Å². The van der Waals surface area contributed by atoms with Crippen molar-refractivity contribution in [3.05, 3.63) is 35.5 Å². The third-order valence-electron chi connectivity index (χ3n) is 6.69. The summed E-state index contributed by atoms with van der Waals surface area (Å²) in [6.45, 7) is 9.77. The van der Waals surface area contributed by atoms with E-state index in [1.807, 2.05) is 44.0 Å². The second-order valence-corrected chi connectivity index (χ2v) is 11.0. The highest BCUT2D eigenvalue weighted by Gasteiger charge is 2.39. The van der Waals surface area contributed by atoms with Crippen LogP contribution in [0.15, 0.2) is 24.4 Å².